The quantitative estimate of drug-likeness (QED) is 0.634. The second-order valence-corrected chi connectivity index (χ2v) is 6.07. The van der Waals surface area contributed by atoms with Crippen molar-refractivity contribution in [2.45, 2.75) is 45.6 Å². The van der Waals surface area contributed by atoms with Crippen molar-refractivity contribution in [2.24, 2.45) is 0 Å². The van der Waals surface area contributed by atoms with Gasteiger partial charge in [0.1, 0.15) is 5.82 Å². The minimum Gasteiger partial charge on any atom is -0.352 e. The first-order valence-electron chi connectivity index (χ1n) is 8.08. The highest BCUT2D eigenvalue weighted by Gasteiger charge is 2.34. The van der Waals surface area contributed by atoms with Crippen LogP contribution in [0.3, 0.4) is 0 Å². The number of hydrogen-bond donors (Lipinski definition) is 2. The van der Waals surface area contributed by atoms with Gasteiger partial charge in [0, 0.05) is 17.8 Å². The van der Waals surface area contributed by atoms with E-state index in [1.807, 2.05) is 6.92 Å². The zero-order valence-corrected chi connectivity index (χ0v) is 14.8. The highest BCUT2D eigenvalue weighted by molar-refractivity contribution is 5.62. The fourth-order valence-electron chi connectivity index (χ4n) is 2.11. The van der Waals surface area contributed by atoms with E-state index in [4.69, 9.17) is 0 Å². The molecule has 0 aliphatic heterocycles. The highest BCUT2D eigenvalue weighted by Crippen LogP contribution is 2.34. The molecule has 148 valence electrons. The smallest absolute Gasteiger partial charge is 0.352 e. The first-order chi connectivity index (χ1) is 12.4. The van der Waals surface area contributed by atoms with E-state index in [9.17, 15) is 26.3 Å². The number of hydrogen-bond acceptors (Lipinski definition) is 4. The summed E-state index contributed by atoms with van der Waals surface area (Å²) in [5, 5.41) is 5.28. The van der Waals surface area contributed by atoms with E-state index in [-0.39, 0.29) is 23.5 Å². The van der Waals surface area contributed by atoms with Gasteiger partial charge in [0.05, 0.1) is 5.56 Å². The molecule has 2 rings (SSSR count). The number of benzene rings is 1. The van der Waals surface area contributed by atoms with Gasteiger partial charge in [-0.15, -0.1) is 0 Å². The van der Waals surface area contributed by atoms with Crippen LogP contribution in [0.2, 0.25) is 0 Å². The van der Waals surface area contributed by atoms with Crippen LogP contribution in [0.5, 0.6) is 0 Å². The van der Waals surface area contributed by atoms with Crippen LogP contribution in [0.25, 0.3) is 0 Å². The Kier molecular flexibility index (Phi) is 5.86. The van der Waals surface area contributed by atoms with Crippen LogP contribution in [-0.4, -0.2) is 16.0 Å². The van der Waals surface area contributed by atoms with Gasteiger partial charge in [-0.1, -0.05) is 13.0 Å². The van der Waals surface area contributed by atoms with Gasteiger partial charge in [-0.05, 0) is 38.0 Å². The summed E-state index contributed by atoms with van der Waals surface area (Å²) in [7, 11) is 0. The predicted octanol–water partition coefficient (Wildman–Crippen LogP) is 5.78. The van der Waals surface area contributed by atoms with E-state index >= 15 is 0 Å². The third-order valence-corrected chi connectivity index (χ3v) is 3.83. The van der Waals surface area contributed by atoms with Crippen molar-refractivity contribution in [3.05, 3.63) is 41.1 Å². The van der Waals surface area contributed by atoms with Gasteiger partial charge in [0.2, 0.25) is 5.95 Å². The second kappa shape index (κ2) is 7.61. The zero-order valence-electron chi connectivity index (χ0n) is 14.8. The average Bonchev–Trinajstić information content (AvgIpc) is 2.54. The molecule has 0 aliphatic carbocycles. The number of rotatable bonds is 5. The summed E-state index contributed by atoms with van der Waals surface area (Å²) < 4.78 is 78.0. The summed E-state index contributed by atoms with van der Waals surface area (Å²) in [6.45, 7) is 5.11. The molecule has 0 amide bonds. The minimum absolute atomic E-state index is 0.00568. The summed E-state index contributed by atoms with van der Waals surface area (Å²) in [6.07, 6.45) is -8.68. The molecule has 1 heterocycles. The predicted molar refractivity (Wildman–Crippen MR) is 89.9 cm³/mol. The molecule has 0 fully saturated rings. The molecule has 1 aromatic heterocycles. The van der Waals surface area contributed by atoms with Crippen LogP contribution in [0.4, 0.5) is 43.8 Å². The molecule has 1 aromatic carbocycles. The van der Waals surface area contributed by atoms with Crippen LogP contribution in [0.1, 0.15) is 37.1 Å². The highest BCUT2D eigenvalue weighted by atomic mass is 19.4. The molecule has 0 saturated carbocycles. The summed E-state index contributed by atoms with van der Waals surface area (Å²) >= 11 is 0. The zero-order chi connectivity index (χ0) is 20.4. The first kappa shape index (κ1) is 20.8. The molecule has 2 N–H and O–H groups in total. The van der Waals surface area contributed by atoms with Gasteiger partial charge in [0.15, 0.2) is 5.69 Å². The van der Waals surface area contributed by atoms with Gasteiger partial charge in [-0.25, -0.2) is 4.98 Å². The van der Waals surface area contributed by atoms with Gasteiger partial charge in [0.25, 0.3) is 0 Å². The Morgan fingerprint density at radius 1 is 1.00 bits per heavy atom. The summed E-state index contributed by atoms with van der Waals surface area (Å²) in [6, 6.07) is 3.43. The Balaban J connectivity index is 2.44. The summed E-state index contributed by atoms with van der Waals surface area (Å²) in [5.41, 5.74) is -1.69. The maximum Gasteiger partial charge on any atom is 0.433 e. The van der Waals surface area contributed by atoms with Crippen molar-refractivity contribution in [1.82, 2.24) is 9.97 Å². The van der Waals surface area contributed by atoms with Gasteiger partial charge >= 0.3 is 12.4 Å². The molecule has 1 atom stereocenters. The van der Waals surface area contributed by atoms with Crippen LogP contribution >= 0.6 is 0 Å². The van der Waals surface area contributed by atoms with E-state index in [0.717, 1.165) is 12.1 Å². The molecular weight excluding hydrogens is 374 g/mol. The maximum atomic E-state index is 13.1. The standard InChI is InChI=1S/C17H18F6N4/c1-4-10(3)24-15-26-13(17(21,22)23)8-14(27-15)25-12-7-11(16(18,19)20)6-5-9(12)2/h5-8,10H,4H2,1-3H3,(H2,24,25,26,27)/t10-/m1/s1. The van der Waals surface area contributed by atoms with Crippen LogP contribution in [-0.2, 0) is 12.4 Å². The molecule has 0 bridgehead atoms. The van der Waals surface area contributed by atoms with E-state index in [1.54, 1.807) is 6.92 Å². The second-order valence-electron chi connectivity index (χ2n) is 6.07. The van der Waals surface area contributed by atoms with Crippen molar-refractivity contribution in [1.29, 1.82) is 0 Å². The number of aryl methyl sites for hydroxylation is 1. The topological polar surface area (TPSA) is 49.8 Å². The number of alkyl halides is 6. The fraction of sp³-hybridized carbons (Fsp3) is 0.412. The molecule has 0 aliphatic rings. The summed E-state index contributed by atoms with van der Waals surface area (Å²) in [4.78, 5) is 7.39. The lowest BCUT2D eigenvalue weighted by molar-refractivity contribution is -0.141. The monoisotopic (exact) mass is 392 g/mol. The maximum absolute atomic E-state index is 13.1. The number of aromatic nitrogens is 2. The third kappa shape index (κ3) is 5.48. The number of nitrogens with one attached hydrogen (secondary N) is 2. The largest absolute Gasteiger partial charge is 0.433 e. The molecule has 27 heavy (non-hydrogen) atoms. The molecule has 0 saturated heterocycles. The molecular formula is C17H18F6N4. The molecule has 4 nitrogen and oxygen atoms in total. The van der Waals surface area contributed by atoms with Crippen molar-refractivity contribution < 1.29 is 26.3 Å². The van der Waals surface area contributed by atoms with E-state index in [0.29, 0.717) is 18.1 Å². The van der Waals surface area contributed by atoms with Gasteiger partial charge < -0.3 is 10.6 Å². The van der Waals surface area contributed by atoms with Crippen molar-refractivity contribution in [3.8, 4) is 0 Å². The molecule has 0 unspecified atom stereocenters. The first-order valence-corrected chi connectivity index (χ1v) is 8.08. The molecule has 0 spiro atoms. The van der Waals surface area contributed by atoms with Gasteiger partial charge in [-0.3, -0.25) is 0 Å². The van der Waals surface area contributed by atoms with Crippen LogP contribution < -0.4 is 10.6 Å². The lowest BCUT2D eigenvalue weighted by Gasteiger charge is -2.17. The van der Waals surface area contributed by atoms with E-state index in [2.05, 4.69) is 20.6 Å². The van der Waals surface area contributed by atoms with Crippen molar-refractivity contribution >= 4 is 17.5 Å². The van der Waals surface area contributed by atoms with Crippen LogP contribution in [0, 0.1) is 6.92 Å². The van der Waals surface area contributed by atoms with E-state index in [1.165, 1.54) is 13.0 Å². The number of halogens is 6. The molecule has 10 heteroatoms. The Morgan fingerprint density at radius 2 is 1.67 bits per heavy atom. The number of anilines is 3. The normalized spacial score (nSPS) is 13.4. The SMILES string of the molecule is CC[C@@H](C)Nc1nc(Nc2cc(C(F)(F)F)ccc2C)cc(C(F)(F)F)n1. The Morgan fingerprint density at radius 3 is 2.22 bits per heavy atom. The lowest BCUT2D eigenvalue weighted by Crippen LogP contribution is -2.19. The molecule has 0 radical (unpaired) electrons. The Labute approximate surface area is 152 Å². The van der Waals surface area contributed by atoms with E-state index < -0.39 is 23.6 Å². The fourth-order valence-corrected chi connectivity index (χ4v) is 2.11. The van der Waals surface area contributed by atoms with Crippen molar-refractivity contribution in [3.63, 3.8) is 0 Å². The number of nitrogens with zero attached hydrogens (tertiary/aromatic N) is 2. The minimum atomic E-state index is -4.73. The van der Waals surface area contributed by atoms with Crippen molar-refractivity contribution in [2.75, 3.05) is 10.6 Å². The Hall–Kier alpha value is -2.52. The Bertz CT molecular complexity index is 801. The average molecular weight is 392 g/mol. The third-order valence-electron chi connectivity index (χ3n) is 3.83. The summed E-state index contributed by atoms with van der Waals surface area (Å²) in [5.74, 6) is -0.517. The molecule has 2 aromatic rings. The lowest BCUT2D eigenvalue weighted by atomic mass is 10.1. The van der Waals surface area contributed by atoms with Crippen LogP contribution in [0.15, 0.2) is 24.3 Å². The van der Waals surface area contributed by atoms with Gasteiger partial charge in [-0.2, -0.15) is 31.3 Å².